The first-order valence-electron chi connectivity index (χ1n) is 6.60. The van der Waals surface area contributed by atoms with E-state index in [1.54, 1.807) is 0 Å². The highest BCUT2D eigenvalue weighted by Crippen LogP contribution is 2.22. The third-order valence-electron chi connectivity index (χ3n) is 3.14. The van der Waals surface area contributed by atoms with Crippen molar-refractivity contribution >= 4 is 11.8 Å². The summed E-state index contributed by atoms with van der Waals surface area (Å²) >= 11 is 1.88. The number of rotatable bonds is 6. The number of benzene rings is 1. The van der Waals surface area contributed by atoms with E-state index in [9.17, 15) is 0 Å². The Morgan fingerprint density at radius 1 is 1.32 bits per heavy atom. The second-order valence-electron chi connectivity index (χ2n) is 4.57. The highest BCUT2D eigenvalue weighted by molar-refractivity contribution is 7.99. The lowest BCUT2D eigenvalue weighted by Gasteiger charge is -2.16. The number of nitrogens with one attached hydrogen (secondary N) is 1. The van der Waals surface area contributed by atoms with Crippen molar-refractivity contribution in [1.29, 1.82) is 0 Å². The summed E-state index contributed by atoms with van der Waals surface area (Å²) < 4.78 is 1.85. The second-order valence-corrected chi connectivity index (χ2v) is 5.91. The van der Waals surface area contributed by atoms with Crippen LogP contribution in [0, 0.1) is 0 Å². The van der Waals surface area contributed by atoms with Crippen LogP contribution in [0.5, 0.6) is 0 Å². The van der Waals surface area contributed by atoms with Crippen LogP contribution in [0.25, 0.3) is 0 Å². The van der Waals surface area contributed by atoms with Gasteiger partial charge in [0.2, 0.25) is 0 Å². The third kappa shape index (κ3) is 3.85. The molecule has 2 aromatic rings. The molecule has 1 N–H and O–H groups in total. The molecule has 1 aromatic heterocycles. The standard InChI is InChI=1S/C15H21N3S/c1-4-19-14-7-5-13(6-8-14)15(16-2)9-12-10-17-18(3)11-12/h5-8,10-11,15-16H,4,9H2,1-3H3. The smallest absolute Gasteiger partial charge is 0.0522 e. The fourth-order valence-corrected chi connectivity index (χ4v) is 2.82. The zero-order valence-corrected chi connectivity index (χ0v) is 12.6. The molecule has 3 nitrogen and oxygen atoms in total. The van der Waals surface area contributed by atoms with Gasteiger partial charge in [0.15, 0.2) is 0 Å². The molecule has 0 aliphatic heterocycles. The van der Waals surface area contributed by atoms with E-state index in [0.717, 1.165) is 12.2 Å². The summed E-state index contributed by atoms with van der Waals surface area (Å²) in [5.74, 6) is 1.12. The lowest BCUT2D eigenvalue weighted by Crippen LogP contribution is -2.18. The molecule has 0 aliphatic carbocycles. The number of aryl methyl sites for hydroxylation is 1. The van der Waals surface area contributed by atoms with E-state index in [1.165, 1.54) is 16.0 Å². The van der Waals surface area contributed by atoms with E-state index in [1.807, 2.05) is 36.7 Å². The minimum atomic E-state index is 0.338. The maximum atomic E-state index is 4.22. The van der Waals surface area contributed by atoms with Gasteiger partial charge < -0.3 is 5.32 Å². The molecule has 2 rings (SSSR count). The molecule has 0 fully saturated rings. The highest BCUT2D eigenvalue weighted by atomic mass is 32.2. The van der Waals surface area contributed by atoms with Crippen LogP contribution in [0.1, 0.15) is 24.1 Å². The van der Waals surface area contributed by atoms with Crippen LogP contribution < -0.4 is 5.32 Å². The SMILES string of the molecule is CCSc1ccc(C(Cc2cnn(C)c2)NC)cc1. The van der Waals surface area contributed by atoms with E-state index in [-0.39, 0.29) is 0 Å². The number of likely N-dealkylation sites (N-methyl/N-ethyl adjacent to an activating group) is 1. The van der Waals surface area contributed by atoms with Gasteiger partial charge in [0.1, 0.15) is 0 Å². The van der Waals surface area contributed by atoms with Crippen molar-refractivity contribution in [2.45, 2.75) is 24.3 Å². The van der Waals surface area contributed by atoms with Crippen LogP contribution in [0.15, 0.2) is 41.6 Å². The van der Waals surface area contributed by atoms with Crippen molar-refractivity contribution in [2.75, 3.05) is 12.8 Å². The zero-order chi connectivity index (χ0) is 13.7. The van der Waals surface area contributed by atoms with Gasteiger partial charge in [-0.05, 0) is 42.5 Å². The molecule has 4 heteroatoms. The first kappa shape index (κ1) is 14.2. The van der Waals surface area contributed by atoms with Crippen molar-refractivity contribution in [3.8, 4) is 0 Å². The van der Waals surface area contributed by atoms with E-state index in [4.69, 9.17) is 0 Å². The molecule has 1 atom stereocenters. The number of hydrogen-bond acceptors (Lipinski definition) is 3. The highest BCUT2D eigenvalue weighted by Gasteiger charge is 2.11. The number of nitrogens with zero attached hydrogens (tertiary/aromatic N) is 2. The van der Waals surface area contributed by atoms with Crippen LogP contribution in [0.4, 0.5) is 0 Å². The Morgan fingerprint density at radius 3 is 2.58 bits per heavy atom. The van der Waals surface area contributed by atoms with Crippen molar-refractivity contribution in [3.05, 3.63) is 47.8 Å². The fraction of sp³-hybridized carbons (Fsp3) is 0.400. The van der Waals surface area contributed by atoms with Gasteiger partial charge in [-0.1, -0.05) is 19.1 Å². The van der Waals surface area contributed by atoms with Gasteiger partial charge in [0.05, 0.1) is 6.20 Å². The normalized spacial score (nSPS) is 12.6. The molecule has 102 valence electrons. The van der Waals surface area contributed by atoms with Gasteiger partial charge in [0.25, 0.3) is 0 Å². The lowest BCUT2D eigenvalue weighted by molar-refractivity contribution is 0.591. The largest absolute Gasteiger partial charge is 0.313 e. The van der Waals surface area contributed by atoms with Gasteiger partial charge >= 0.3 is 0 Å². The second kappa shape index (κ2) is 6.78. The van der Waals surface area contributed by atoms with Crippen LogP contribution in [0.3, 0.4) is 0 Å². The average molecular weight is 275 g/mol. The molecular weight excluding hydrogens is 254 g/mol. The van der Waals surface area contributed by atoms with Gasteiger partial charge in [-0.15, -0.1) is 11.8 Å². The average Bonchev–Trinajstić information content (AvgIpc) is 2.83. The molecule has 0 saturated carbocycles. The first-order chi connectivity index (χ1) is 9.22. The third-order valence-corrected chi connectivity index (χ3v) is 4.03. The molecule has 1 aromatic carbocycles. The summed E-state index contributed by atoms with van der Waals surface area (Å²) in [5.41, 5.74) is 2.58. The van der Waals surface area contributed by atoms with Crippen LogP contribution >= 0.6 is 11.8 Å². The van der Waals surface area contributed by atoms with Crippen LogP contribution in [-0.2, 0) is 13.5 Å². The monoisotopic (exact) mass is 275 g/mol. The Kier molecular flexibility index (Phi) is 5.05. The molecule has 0 saturated heterocycles. The molecule has 0 spiro atoms. The minimum Gasteiger partial charge on any atom is -0.313 e. The first-order valence-corrected chi connectivity index (χ1v) is 7.59. The Bertz CT molecular complexity index is 504. The number of aromatic nitrogens is 2. The summed E-state index contributed by atoms with van der Waals surface area (Å²) in [5, 5.41) is 7.61. The molecule has 0 radical (unpaired) electrons. The summed E-state index contributed by atoms with van der Waals surface area (Å²) in [6, 6.07) is 9.18. The van der Waals surface area contributed by atoms with Crippen molar-refractivity contribution in [3.63, 3.8) is 0 Å². The van der Waals surface area contributed by atoms with Gasteiger partial charge in [0, 0.05) is 24.2 Å². The molecule has 1 unspecified atom stereocenters. The van der Waals surface area contributed by atoms with Gasteiger partial charge in [-0.3, -0.25) is 4.68 Å². The predicted molar refractivity (Wildman–Crippen MR) is 81.6 cm³/mol. The minimum absolute atomic E-state index is 0.338. The molecular formula is C15H21N3S. The molecule has 19 heavy (non-hydrogen) atoms. The Balaban J connectivity index is 2.08. The van der Waals surface area contributed by atoms with Crippen molar-refractivity contribution in [2.24, 2.45) is 7.05 Å². The van der Waals surface area contributed by atoms with Gasteiger partial charge in [-0.25, -0.2) is 0 Å². The zero-order valence-electron chi connectivity index (χ0n) is 11.8. The summed E-state index contributed by atoms with van der Waals surface area (Å²) in [4.78, 5) is 1.34. The topological polar surface area (TPSA) is 29.9 Å². The van der Waals surface area contributed by atoms with E-state index < -0.39 is 0 Å². The molecule has 0 aliphatic rings. The van der Waals surface area contributed by atoms with Gasteiger partial charge in [-0.2, -0.15) is 5.10 Å². The summed E-state index contributed by atoms with van der Waals surface area (Å²) in [6.07, 6.45) is 4.97. The number of thioether (sulfide) groups is 1. The maximum absolute atomic E-state index is 4.22. The molecule has 0 amide bonds. The fourth-order valence-electron chi connectivity index (χ4n) is 2.16. The van der Waals surface area contributed by atoms with Crippen LogP contribution in [-0.4, -0.2) is 22.6 Å². The molecule has 0 bridgehead atoms. The van der Waals surface area contributed by atoms with Crippen molar-refractivity contribution < 1.29 is 0 Å². The lowest BCUT2D eigenvalue weighted by atomic mass is 10.0. The van der Waals surface area contributed by atoms with E-state index in [2.05, 4.69) is 47.8 Å². The maximum Gasteiger partial charge on any atom is 0.0522 e. The Morgan fingerprint density at radius 2 is 2.05 bits per heavy atom. The van der Waals surface area contributed by atoms with E-state index >= 15 is 0 Å². The Hall–Kier alpha value is -1.26. The van der Waals surface area contributed by atoms with Crippen LogP contribution in [0.2, 0.25) is 0 Å². The summed E-state index contributed by atoms with van der Waals surface area (Å²) in [6.45, 7) is 2.18. The predicted octanol–water partition coefficient (Wildman–Crippen LogP) is 3.04. The summed E-state index contributed by atoms with van der Waals surface area (Å²) in [7, 11) is 3.96. The molecule has 1 heterocycles. The quantitative estimate of drug-likeness (QED) is 0.822. The Labute approximate surface area is 119 Å². The van der Waals surface area contributed by atoms with E-state index in [0.29, 0.717) is 6.04 Å². The van der Waals surface area contributed by atoms with Crippen molar-refractivity contribution in [1.82, 2.24) is 15.1 Å². The number of hydrogen-bond donors (Lipinski definition) is 1.